The lowest BCUT2D eigenvalue weighted by Crippen LogP contribution is -2.44. The third-order valence-corrected chi connectivity index (χ3v) is 3.85. The molecule has 1 aliphatic rings. The minimum atomic E-state index is -0.444. The Bertz CT molecular complexity index is 867. The molecule has 3 N–H and O–H groups in total. The van der Waals surface area contributed by atoms with Crippen molar-refractivity contribution in [2.45, 2.75) is 0 Å². The van der Waals surface area contributed by atoms with Crippen LogP contribution in [0.3, 0.4) is 0 Å². The summed E-state index contributed by atoms with van der Waals surface area (Å²) >= 11 is 0. The van der Waals surface area contributed by atoms with Crippen LogP contribution in [0.2, 0.25) is 0 Å². The Labute approximate surface area is 156 Å². The van der Waals surface area contributed by atoms with Gasteiger partial charge in [-0.2, -0.15) is 0 Å². The number of methoxy groups -OCH3 is 1. The number of benzene rings is 1. The third-order valence-electron chi connectivity index (χ3n) is 3.85. The molecular formula is C19H20N4O4. The number of anilines is 2. The highest BCUT2D eigenvalue weighted by Crippen LogP contribution is 2.37. The number of ether oxygens (including phenoxy) is 2. The Balaban J connectivity index is 1.90. The van der Waals surface area contributed by atoms with Gasteiger partial charge >= 0.3 is 0 Å². The normalized spacial score (nSPS) is 14.6. The lowest BCUT2D eigenvalue weighted by Gasteiger charge is -2.30. The number of amides is 2. The monoisotopic (exact) mass is 368 g/mol. The van der Waals surface area contributed by atoms with Crippen LogP contribution in [-0.4, -0.2) is 43.6 Å². The second-order valence-electron chi connectivity index (χ2n) is 5.83. The zero-order chi connectivity index (χ0) is 19.2. The maximum atomic E-state index is 12.9. The largest absolute Gasteiger partial charge is 0.449 e. The molecule has 0 aliphatic carbocycles. The van der Waals surface area contributed by atoms with Crippen LogP contribution in [0.1, 0.15) is 5.69 Å². The van der Waals surface area contributed by atoms with E-state index in [4.69, 9.17) is 15.2 Å². The zero-order valence-corrected chi connectivity index (χ0v) is 14.8. The van der Waals surface area contributed by atoms with E-state index in [-0.39, 0.29) is 18.2 Å². The van der Waals surface area contributed by atoms with E-state index in [2.05, 4.69) is 10.3 Å². The van der Waals surface area contributed by atoms with Crippen LogP contribution in [-0.2, 0) is 14.3 Å². The van der Waals surface area contributed by atoms with Crippen molar-refractivity contribution in [3.05, 3.63) is 54.0 Å². The van der Waals surface area contributed by atoms with Crippen molar-refractivity contribution in [2.75, 3.05) is 37.4 Å². The van der Waals surface area contributed by atoms with Gasteiger partial charge in [0, 0.05) is 31.6 Å². The maximum Gasteiger partial charge on any atom is 0.294 e. The number of fused-ring (bicyclic) bond motifs is 1. The van der Waals surface area contributed by atoms with Gasteiger partial charge in [-0.15, -0.1) is 0 Å². The summed E-state index contributed by atoms with van der Waals surface area (Å²) in [6, 6.07) is 10.3. The molecule has 1 aliphatic heterocycles. The first-order valence-corrected chi connectivity index (χ1v) is 8.36. The molecule has 0 fully saturated rings. The minimum absolute atomic E-state index is 0.0793. The first-order chi connectivity index (χ1) is 13.1. The molecule has 1 aromatic carbocycles. The van der Waals surface area contributed by atoms with Gasteiger partial charge in [-0.1, -0.05) is 6.07 Å². The molecule has 0 saturated heterocycles. The number of carbonyl (C=O) groups is 2. The summed E-state index contributed by atoms with van der Waals surface area (Å²) < 4.78 is 10.6. The van der Waals surface area contributed by atoms with Crippen molar-refractivity contribution in [2.24, 2.45) is 0 Å². The van der Waals surface area contributed by atoms with Gasteiger partial charge in [0.25, 0.3) is 5.91 Å². The van der Waals surface area contributed by atoms with Crippen LogP contribution in [0, 0.1) is 0 Å². The number of pyridine rings is 1. The van der Waals surface area contributed by atoms with Gasteiger partial charge in [0.2, 0.25) is 5.91 Å². The average molecular weight is 368 g/mol. The van der Waals surface area contributed by atoms with Crippen LogP contribution in [0.25, 0.3) is 6.08 Å². The van der Waals surface area contributed by atoms with Crippen molar-refractivity contribution in [3.8, 4) is 5.75 Å². The molecule has 8 heteroatoms. The summed E-state index contributed by atoms with van der Waals surface area (Å²) in [6.45, 7) is 0.577. The highest BCUT2D eigenvalue weighted by atomic mass is 16.5. The van der Waals surface area contributed by atoms with Gasteiger partial charge in [0.1, 0.15) is 6.54 Å². The summed E-state index contributed by atoms with van der Waals surface area (Å²) in [6.07, 6.45) is 3.16. The van der Waals surface area contributed by atoms with E-state index in [0.717, 1.165) is 0 Å². The summed E-state index contributed by atoms with van der Waals surface area (Å²) in [4.78, 5) is 30.7. The predicted octanol–water partition coefficient (Wildman–Crippen LogP) is 1.19. The van der Waals surface area contributed by atoms with Crippen molar-refractivity contribution >= 4 is 29.3 Å². The lowest BCUT2D eigenvalue weighted by molar-refractivity contribution is -0.123. The fraction of sp³-hybridized carbons (Fsp3) is 0.211. The second-order valence-corrected chi connectivity index (χ2v) is 5.83. The van der Waals surface area contributed by atoms with Gasteiger partial charge in [-0.3, -0.25) is 19.5 Å². The van der Waals surface area contributed by atoms with Gasteiger partial charge in [-0.05, 0) is 30.3 Å². The molecule has 2 heterocycles. The average Bonchev–Trinajstić information content (AvgIpc) is 2.66. The van der Waals surface area contributed by atoms with E-state index in [1.165, 1.54) is 11.0 Å². The number of nitrogens with one attached hydrogen (secondary N) is 1. The maximum absolute atomic E-state index is 12.9. The fourth-order valence-corrected chi connectivity index (χ4v) is 2.57. The summed E-state index contributed by atoms with van der Waals surface area (Å²) in [5.41, 5.74) is 7.32. The Morgan fingerprint density at radius 2 is 2.22 bits per heavy atom. The summed E-state index contributed by atoms with van der Waals surface area (Å²) in [7, 11) is 1.55. The molecule has 140 valence electrons. The zero-order valence-electron chi connectivity index (χ0n) is 14.8. The fourth-order valence-electron chi connectivity index (χ4n) is 2.57. The topological polar surface area (TPSA) is 107 Å². The van der Waals surface area contributed by atoms with Gasteiger partial charge in [0.05, 0.1) is 18.0 Å². The first-order valence-electron chi connectivity index (χ1n) is 8.36. The van der Waals surface area contributed by atoms with Crippen LogP contribution in [0.15, 0.2) is 48.4 Å². The van der Waals surface area contributed by atoms with Gasteiger partial charge < -0.3 is 20.5 Å². The van der Waals surface area contributed by atoms with E-state index < -0.39 is 5.91 Å². The summed E-state index contributed by atoms with van der Waals surface area (Å²) in [5, 5.41) is 2.70. The molecular weight excluding hydrogens is 348 g/mol. The summed E-state index contributed by atoms with van der Waals surface area (Å²) in [5.74, 6) is -0.236. The Morgan fingerprint density at radius 3 is 2.96 bits per heavy atom. The Kier molecular flexibility index (Phi) is 5.68. The van der Waals surface area contributed by atoms with Gasteiger partial charge in [-0.25, -0.2) is 0 Å². The van der Waals surface area contributed by atoms with E-state index >= 15 is 0 Å². The molecule has 8 nitrogen and oxygen atoms in total. The van der Waals surface area contributed by atoms with Gasteiger partial charge in [0.15, 0.2) is 11.5 Å². The number of rotatable bonds is 6. The molecule has 0 radical (unpaired) electrons. The second kappa shape index (κ2) is 8.33. The Morgan fingerprint density at radius 1 is 1.37 bits per heavy atom. The standard InChI is InChI=1S/C19H20N4O4/c1-26-9-8-22-18(24)12-23-15-10-13(20)5-6-16(15)27-17(19(23)25)11-14-4-2-3-7-21-14/h2-7,10-11H,8-9,12,20H2,1H3,(H,22,24)/b17-11+. The molecule has 1 aromatic heterocycles. The highest BCUT2D eigenvalue weighted by molar-refractivity contribution is 6.12. The molecule has 3 rings (SSSR count). The number of aromatic nitrogens is 1. The predicted molar refractivity (Wildman–Crippen MR) is 101 cm³/mol. The van der Waals surface area contributed by atoms with Crippen LogP contribution >= 0.6 is 0 Å². The quantitative estimate of drug-likeness (QED) is 0.451. The molecule has 0 spiro atoms. The molecule has 2 amide bonds. The first kappa shape index (κ1) is 18.4. The third kappa shape index (κ3) is 4.42. The minimum Gasteiger partial charge on any atom is -0.449 e. The number of nitrogens with zero attached hydrogens (tertiary/aromatic N) is 2. The molecule has 0 atom stereocenters. The number of nitrogen functional groups attached to an aromatic ring is 1. The van der Waals surface area contributed by atoms with E-state index in [1.54, 1.807) is 43.6 Å². The van der Waals surface area contributed by atoms with Crippen LogP contribution in [0.5, 0.6) is 5.75 Å². The van der Waals surface area contributed by atoms with Crippen molar-refractivity contribution < 1.29 is 19.1 Å². The van der Waals surface area contributed by atoms with E-state index in [1.807, 2.05) is 6.07 Å². The molecule has 0 saturated carbocycles. The SMILES string of the molecule is COCCNC(=O)CN1C(=O)/C(=C\c2ccccn2)Oc2ccc(N)cc21. The molecule has 0 unspecified atom stereocenters. The lowest BCUT2D eigenvalue weighted by atomic mass is 10.1. The number of nitrogens with two attached hydrogens (primary N) is 1. The smallest absolute Gasteiger partial charge is 0.294 e. The van der Waals surface area contributed by atoms with E-state index in [0.29, 0.717) is 36.0 Å². The molecule has 0 bridgehead atoms. The number of hydrogen-bond acceptors (Lipinski definition) is 6. The van der Waals surface area contributed by atoms with Crippen molar-refractivity contribution in [3.63, 3.8) is 0 Å². The van der Waals surface area contributed by atoms with E-state index in [9.17, 15) is 9.59 Å². The van der Waals surface area contributed by atoms with Crippen molar-refractivity contribution in [1.29, 1.82) is 0 Å². The van der Waals surface area contributed by atoms with Crippen LogP contribution in [0.4, 0.5) is 11.4 Å². The number of hydrogen-bond donors (Lipinski definition) is 2. The van der Waals surface area contributed by atoms with Crippen LogP contribution < -0.4 is 20.7 Å². The Hall–Kier alpha value is -3.39. The highest BCUT2D eigenvalue weighted by Gasteiger charge is 2.32. The number of carbonyl (C=O) groups excluding carboxylic acids is 2. The molecule has 27 heavy (non-hydrogen) atoms. The molecule has 2 aromatic rings. The van der Waals surface area contributed by atoms with Crippen molar-refractivity contribution in [1.82, 2.24) is 10.3 Å².